The van der Waals surface area contributed by atoms with E-state index in [1.807, 2.05) is 41.0 Å². The van der Waals surface area contributed by atoms with Gasteiger partial charge in [-0.1, -0.05) is 15.9 Å². The van der Waals surface area contributed by atoms with Gasteiger partial charge in [0.15, 0.2) is 12.4 Å². The number of benzene rings is 2. The van der Waals surface area contributed by atoms with Gasteiger partial charge in [0.25, 0.3) is 5.91 Å². The Morgan fingerprint density at radius 2 is 1.68 bits per heavy atom. The van der Waals surface area contributed by atoms with Crippen LogP contribution < -0.4 is 25.0 Å². The zero-order valence-electron chi connectivity index (χ0n) is 17.3. The van der Waals surface area contributed by atoms with E-state index in [1.165, 1.54) is 6.07 Å². The van der Waals surface area contributed by atoms with Crippen molar-refractivity contribution >= 4 is 27.5 Å². The molecule has 0 atom stereocenters. The van der Waals surface area contributed by atoms with Crippen LogP contribution in [0.5, 0.6) is 17.2 Å². The van der Waals surface area contributed by atoms with Crippen LogP contribution >= 0.6 is 15.9 Å². The van der Waals surface area contributed by atoms with Crippen molar-refractivity contribution in [2.24, 2.45) is 0 Å². The fourth-order valence-corrected chi connectivity index (χ4v) is 3.14. The van der Waals surface area contributed by atoms with Gasteiger partial charge in [-0.2, -0.15) is 0 Å². The van der Waals surface area contributed by atoms with E-state index in [9.17, 15) is 9.59 Å². The van der Waals surface area contributed by atoms with Crippen LogP contribution in [0, 0.1) is 6.92 Å². The third-order valence-electron chi connectivity index (χ3n) is 4.53. The number of pyridine rings is 1. The number of nitrogens with one attached hydrogen (secondary N) is 1. The number of amides is 1. The second-order valence-corrected chi connectivity index (χ2v) is 7.57. The summed E-state index contributed by atoms with van der Waals surface area (Å²) in [6.07, 6.45) is 1.68. The Kier molecular flexibility index (Phi) is 7.72. The first kappa shape index (κ1) is 22.4. The number of aromatic nitrogens is 1. The fraction of sp³-hybridized carbons (Fsp3) is 0.217. The number of carbonyl (C=O) groups is 1. The first-order chi connectivity index (χ1) is 15.0. The summed E-state index contributed by atoms with van der Waals surface area (Å²) in [7, 11) is 1.61. The lowest BCUT2D eigenvalue weighted by Crippen LogP contribution is -2.24. The van der Waals surface area contributed by atoms with Crippen LogP contribution in [0.15, 0.2) is 70.1 Å². The summed E-state index contributed by atoms with van der Waals surface area (Å²) in [5.41, 5.74) is 0.998. The van der Waals surface area contributed by atoms with Crippen molar-refractivity contribution in [3.8, 4) is 17.2 Å². The van der Waals surface area contributed by atoms with Crippen LogP contribution in [0.3, 0.4) is 0 Å². The predicted octanol–water partition coefficient (Wildman–Crippen LogP) is 4.02. The number of rotatable bonds is 9. The van der Waals surface area contributed by atoms with Crippen LogP contribution in [0.2, 0.25) is 0 Å². The second kappa shape index (κ2) is 10.7. The van der Waals surface area contributed by atoms with E-state index in [0.717, 1.165) is 16.0 Å². The Morgan fingerprint density at radius 1 is 1.00 bits per heavy atom. The molecule has 0 saturated heterocycles. The van der Waals surface area contributed by atoms with E-state index in [4.69, 9.17) is 14.2 Å². The molecule has 0 bridgehead atoms. The van der Waals surface area contributed by atoms with Crippen LogP contribution in [0.1, 0.15) is 5.69 Å². The van der Waals surface area contributed by atoms with E-state index in [1.54, 1.807) is 32.4 Å². The lowest BCUT2D eigenvalue weighted by atomic mass is 10.3. The van der Waals surface area contributed by atoms with Gasteiger partial charge in [-0.3, -0.25) is 9.59 Å². The predicted molar refractivity (Wildman–Crippen MR) is 122 cm³/mol. The van der Waals surface area contributed by atoms with Crippen LogP contribution in [-0.4, -0.2) is 30.8 Å². The minimum Gasteiger partial charge on any atom is -0.497 e. The van der Waals surface area contributed by atoms with Gasteiger partial charge in [-0.05, 0) is 55.5 Å². The van der Waals surface area contributed by atoms with E-state index < -0.39 is 0 Å². The molecule has 0 radical (unpaired) electrons. The molecule has 8 heteroatoms. The molecule has 0 saturated carbocycles. The molecule has 31 heavy (non-hydrogen) atoms. The Labute approximate surface area is 188 Å². The van der Waals surface area contributed by atoms with E-state index in [-0.39, 0.29) is 23.7 Å². The summed E-state index contributed by atoms with van der Waals surface area (Å²) in [4.78, 5) is 24.4. The topological polar surface area (TPSA) is 78.8 Å². The molecule has 0 fully saturated rings. The number of carbonyl (C=O) groups excluding carboxylic acids is 1. The number of hydrogen-bond acceptors (Lipinski definition) is 5. The fourth-order valence-electron chi connectivity index (χ4n) is 2.87. The Morgan fingerprint density at radius 3 is 2.35 bits per heavy atom. The quantitative estimate of drug-likeness (QED) is 0.493. The van der Waals surface area contributed by atoms with Crippen molar-refractivity contribution in [3.63, 3.8) is 0 Å². The van der Waals surface area contributed by atoms with E-state index >= 15 is 0 Å². The summed E-state index contributed by atoms with van der Waals surface area (Å²) in [6, 6.07) is 15.9. The van der Waals surface area contributed by atoms with Crippen LogP contribution in [0.25, 0.3) is 0 Å². The van der Waals surface area contributed by atoms with Gasteiger partial charge in [0.05, 0.1) is 19.3 Å². The van der Waals surface area contributed by atoms with E-state index in [0.29, 0.717) is 24.5 Å². The van der Waals surface area contributed by atoms with Crippen molar-refractivity contribution in [1.29, 1.82) is 0 Å². The maximum atomic E-state index is 12.2. The molecule has 2 aromatic carbocycles. The molecule has 7 nitrogen and oxygen atoms in total. The summed E-state index contributed by atoms with van der Waals surface area (Å²) in [5, 5.41) is 2.73. The van der Waals surface area contributed by atoms with Crippen molar-refractivity contribution in [3.05, 3.63) is 81.2 Å². The van der Waals surface area contributed by atoms with Crippen LogP contribution in [-0.2, 0) is 11.3 Å². The van der Waals surface area contributed by atoms with Crippen molar-refractivity contribution in [2.75, 3.05) is 25.6 Å². The molecule has 1 aromatic heterocycles. The molecule has 3 aromatic rings. The first-order valence-corrected chi connectivity index (χ1v) is 10.4. The highest BCUT2D eigenvalue weighted by atomic mass is 79.9. The van der Waals surface area contributed by atoms with Gasteiger partial charge in [-0.15, -0.1) is 0 Å². The smallest absolute Gasteiger partial charge is 0.262 e. The molecule has 0 aliphatic rings. The molecule has 0 unspecified atom stereocenters. The molecule has 0 spiro atoms. The monoisotopic (exact) mass is 486 g/mol. The number of ether oxygens (including phenoxy) is 3. The van der Waals surface area contributed by atoms with Gasteiger partial charge in [0, 0.05) is 22.4 Å². The molecule has 1 N–H and O–H groups in total. The highest BCUT2D eigenvalue weighted by Gasteiger charge is 2.11. The van der Waals surface area contributed by atoms with Gasteiger partial charge in [0.1, 0.15) is 18.1 Å². The zero-order valence-corrected chi connectivity index (χ0v) is 18.8. The van der Waals surface area contributed by atoms with E-state index in [2.05, 4.69) is 21.2 Å². The molecule has 0 aliphatic heterocycles. The Bertz CT molecular complexity index is 1080. The lowest BCUT2D eigenvalue weighted by Gasteiger charge is -2.15. The third kappa shape index (κ3) is 6.36. The van der Waals surface area contributed by atoms with Crippen molar-refractivity contribution in [2.45, 2.75) is 13.5 Å². The highest BCUT2D eigenvalue weighted by Crippen LogP contribution is 2.18. The maximum absolute atomic E-state index is 12.2. The van der Waals surface area contributed by atoms with Crippen LogP contribution in [0.4, 0.5) is 5.69 Å². The summed E-state index contributed by atoms with van der Waals surface area (Å²) in [6.45, 7) is 2.42. The molecule has 162 valence electrons. The number of anilines is 1. The largest absolute Gasteiger partial charge is 0.497 e. The molecule has 1 heterocycles. The minimum atomic E-state index is -0.348. The van der Waals surface area contributed by atoms with Gasteiger partial charge >= 0.3 is 0 Å². The minimum absolute atomic E-state index is 0.151. The van der Waals surface area contributed by atoms with Crippen molar-refractivity contribution in [1.82, 2.24) is 4.57 Å². The summed E-state index contributed by atoms with van der Waals surface area (Å²) < 4.78 is 19.2. The Hall–Kier alpha value is -3.26. The normalized spacial score (nSPS) is 10.4. The zero-order chi connectivity index (χ0) is 22.2. The molecule has 3 rings (SSSR count). The SMILES string of the molecule is COc1ccc(OCCn2ccc(=O)c(OCC(=O)Nc3ccc(Br)cc3)c2C)cc1. The van der Waals surface area contributed by atoms with Gasteiger partial charge in [-0.25, -0.2) is 0 Å². The molecule has 0 aliphatic carbocycles. The lowest BCUT2D eigenvalue weighted by molar-refractivity contribution is -0.118. The number of methoxy groups -OCH3 is 1. The average Bonchev–Trinajstić information content (AvgIpc) is 2.77. The number of nitrogens with zero attached hydrogens (tertiary/aromatic N) is 1. The van der Waals surface area contributed by atoms with Gasteiger partial charge in [0.2, 0.25) is 5.43 Å². The molecular formula is C23H23BrN2O5. The van der Waals surface area contributed by atoms with Gasteiger partial charge < -0.3 is 24.1 Å². The van der Waals surface area contributed by atoms with Crippen molar-refractivity contribution < 1.29 is 19.0 Å². The highest BCUT2D eigenvalue weighted by molar-refractivity contribution is 9.10. The molecule has 1 amide bonds. The first-order valence-electron chi connectivity index (χ1n) is 9.61. The number of halogens is 1. The summed E-state index contributed by atoms with van der Waals surface area (Å²) >= 11 is 3.34. The summed E-state index contributed by atoms with van der Waals surface area (Å²) in [5.74, 6) is 1.28. The maximum Gasteiger partial charge on any atom is 0.262 e. The third-order valence-corrected chi connectivity index (χ3v) is 5.05. The standard InChI is InChI=1S/C23H23BrN2O5/c1-16-23(31-15-22(28)25-18-5-3-17(24)4-6-18)21(27)11-12-26(16)13-14-30-20-9-7-19(29-2)8-10-20/h3-12H,13-15H2,1-2H3,(H,25,28). The average molecular weight is 487 g/mol. The Balaban J connectivity index is 1.57. The molecular weight excluding hydrogens is 464 g/mol. The second-order valence-electron chi connectivity index (χ2n) is 6.66. The number of hydrogen-bond donors (Lipinski definition) is 1.